The Hall–Kier alpha value is -2.86. The van der Waals surface area contributed by atoms with Gasteiger partial charge in [-0.2, -0.15) is 0 Å². The van der Waals surface area contributed by atoms with Crippen LogP contribution in [-0.4, -0.2) is 63.0 Å². The highest BCUT2D eigenvalue weighted by molar-refractivity contribution is 5.97. The van der Waals surface area contributed by atoms with E-state index >= 15 is 0 Å². The highest BCUT2D eigenvalue weighted by Gasteiger charge is 2.70. The van der Waals surface area contributed by atoms with Crippen LogP contribution in [0.15, 0.2) is 60.7 Å². The van der Waals surface area contributed by atoms with E-state index in [4.69, 9.17) is 4.74 Å². The first-order valence-electron chi connectivity index (χ1n) is 11.8. The third-order valence-corrected chi connectivity index (χ3v) is 7.12. The van der Waals surface area contributed by atoms with Crippen molar-refractivity contribution in [1.29, 1.82) is 0 Å². The summed E-state index contributed by atoms with van der Waals surface area (Å²) in [5.41, 5.74) is 0.667. The van der Waals surface area contributed by atoms with Gasteiger partial charge in [0.05, 0.1) is 12.1 Å². The topological polar surface area (TPSA) is 53.1 Å². The number of benzene rings is 2. The summed E-state index contributed by atoms with van der Waals surface area (Å²) in [7, 11) is 0. The maximum absolute atomic E-state index is 13.5. The highest BCUT2D eigenvalue weighted by Crippen LogP contribution is 2.51. The van der Waals surface area contributed by atoms with E-state index in [1.807, 2.05) is 67.0 Å². The maximum Gasteiger partial charge on any atom is 0.411 e. The van der Waals surface area contributed by atoms with Crippen LogP contribution in [0, 0.1) is 0 Å². The van der Waals surface area contributed by atoms with Gasteiger partial charge in [-0.1, -0.05) is 60.7 Å². The molecule has 6 heteroatoms. The first-order chi connectivity index (χ1) is 15.7. The summed E-state index contributed by atoms with van der Waals surface area (Å²) < 4.78 is 5.84. The van der Waals surface area contributed by atoms with Crippen molar-refractivity contribution in [3.05, 3.63) is 71.8 Å². The van der Waals surface area contributed by atoms with E-state index in [-0.39, 0.29) is 17.5 Å². The number of amides is 2. The van der Waals surface area contributed by atoms with Crippen molar-refractivity contribution in [3.8, 4) is 0 Å². The predicted molar refractivity (Wildman–Crippen MR) is 126 cm³/mol. The molecule has 0 aromatic heterocycles. The highest BCUT2D eigenvalue weighted by atomic mass is 16.6. The molecule has 174 valence electrons. The van der Waals surface area contributed by atoms with Gasteiger partial charge in [0.2, 0.25) is 0 Å². The van der Waals surface area contributed by atoms with E-state index in [1.54, 1.807) is 0 Å². The van der Waals surface area contributed by atoms with Gasteiger partial charge in [0.25, 0.3) is 5.91 Å². The molecule has 3 heterocycles. The molecule has 3 aliphatic rings. The molecule has 1 unspecified atom stereocenters. The molecule has 0 radical (unpaired) electrons. The van der Waals surface area contributed by atoms with Crippen molar-refractivity contribution >= 4 is 12.0 Å². The number of rotatable bonds is 4. The third kappa shape index (κ3) is 3.90. The summed E-state index contributed by atoms with van der Waals surface area (Å²) in [5, 5.41) is 0. The number of likely N-dealkylation sites (tertiary alicyclic amines) is 3. The SMILES string of the molecule is CC(C)(C)OC(=O)N1C2(CCC13CN(Cc1ccccc1)C3=O)CN(Cc1ccccc1)C2. The van der Waals surface area contributed by atoms with Crippen LogP contribution < -0.4 is 0 Å². The van der Waals surface area contributed by atoms with Crippen molar-refractivity contribution in [2.24, 2.45) is 0 Å². The molecule has 0 bridgehead atoms. The molecule has 0 N–H and O–H groups in total. The van der Waals surface area contributed by atoms with Crippen molar-refractivity contribution in [1.82, 2.24) is 14.7 Å². The summed E-state index contributed by atoms with van der Waals surface area (Å²) in [4.78, 5) is 33.1. The van der Waals surface area contributed by atoms with Crippen molar-refractivity contribution in [3.63, 3.8) is 0 Å². The maximum atomic E-state index is 13.5. The van der Waals surface area contributed by atoms with Gasteiger partial charge in [-0.3, -0.25) is 14.6 Å². The minimum absolute atomic E-state index is 0.0515. The fourth-order valence-electron chi connectivity index (χ4n) is 5.77. The molecular weight excluding hydrogens is 414 g/mol. The largest absolute Gasteiger partial charge is 0.444 e. The Balaban J connectivity index is 1.34. The molecule has 0 aliphatic carbocycles. The van der Waals surface area contributed by atoms with E-state index < -0.39 is 11.1 Å². The molecule has 2 spiro atoms. The second-order valence-corrected chi connectivity index (χ2v) is 10.8. The fourth-order valence-corrected chi connectivity index (χ4v) is 5.77. The summed E-state index contributed by atoms with van der Waals surface area (Å²) in [6, 6.07) is 20.4. The predicted octanol–water partition coefficient (Wildman–Crippen LogP) is 4.05. The van der Waals surface area contributed by atoms with Crippen LogP contribution in [0.4, 0.5) is 4.79 Å². The molecule has 1 atom stereocenters. The first kappa shape index (κ1) is 22.0. The molecule has 2 amide bonds. The smallest absolute Gasteiger partial charge is 0.411 e. The number of carbonyl (C=O) groups excluding carboxylic acids is 2. The number of carbonyl (C=O) groups is 2. The van der Waals surface area contributed by atoms with E-state index in [1.165, 1.54) is 5.56 Å². The molecule has 3 aliphatic heterocycles. The molecule has 2 aromatic rings. The number of β-lactam (4-membered cyclic amide) rings is 1. The second kappa shape index (κ2) is 7.87. The Bertz CT molecular complexity index is 1030. The number of nitrogens with zero attached hydrogens (tertiary/aromatic N) is 3. The second-order valence-electron chi connectivity index (χ2n) is 10.8. The van der Waals surface area contributed by atoms with Gasteiger partial charge in [-0.15, -0.1) is 0 Å². The molecule has 5 rings (SSSR count). The van der Waals surface area contributed by atoms with E-state index in [0.717, 1.165) is 31.6 Å². The Morgan fingerprint density at radius 3 is 2.00 bits per heavy atom. The van der Waals surface area contributed by atoms with Gasteiger partial charge < -0.3 is 9.64 Å². The van der Waals surface area contributed by atoms with Crippen LogP contribution in [-0.2, 0) is 22.6 Å². The lowest BCUT2D eigenvalue weighted by Gasteiger charge is -2.59. The van der Waals surface area contributed by atoms with Gasteiger partial charge in [0, 0.05) is 26.2 Å². The van der Waals surface area contributed by atoms with Crippen molar-refractivity contribution < 1.29 is 14.3 Å². The zero-order chi connectivity index (χ0) is 23.3. The van der Waals surface area contributed by atoms with Crippen LogP contribution in [0.5, 0.6) is 0 Å². The lowest BCUT2D eigenvalue weighted by atomic mass is 9.85. The average molecular weight is 448 g/mol. The third-order valence-electron chi connectivity index (χ3n) is 7.12. The van der Waals surface area contributed by atoms with Crippen LogP contribution in [0.3, 0.4) is 0 Å². The number of hydrogen-bond acceptors (Lipinski definition) is 4. The molecule has 33 heavy (non-hydrogen) atoms. The fraction of sp³-hybridized carbons (Fsp3) is 0.481. The lowest BCUT2D eigenvalue weighted by molar-refractivity contribution is -0.170. The van der Waals surface area contributed by atoms with Gasteiger partial charge in [-0.05, 0) is 44.7 Å². The average Bonchev–Trinajstić information content (AvgIpc) is 3.11. The van der Waals surface area contributed by atoms with Gasteiger partial charge in [0.15, 0.2) is 0 Å². The molecule has 0 saturated carbocycles. The number of hydrogen-bond donors (Lipinski definition) is 0. The van der Waals surface area contributed by atoms with Gasteiger partial charge >= 0.3 is 6.09 Å². The monoisotopic (exact) mass is 447 g/mol. The van der Waals surface area contributed by atoms with E-state index in [2.05, 4.69) is 29.2 Å². The van der Waals surface area contributed by atoms with Crippen LogP contribution >= 0.6 is 0 Å². The summed E-state index contributed by atoms with van der Waals surface area (Å²) in [6.45, 7) is 9.19. The molecule has 3 saturated heterocycles. The van der Waals surface area contributed by atoms with Gasteiger partial charge in [0.1, 0.15) is 11.1 Å². The Labute approximate surface area is 196 Å². The Morgan fingerprint density at radius 1 is 0.879 bits per heavy atom. The normalized spacial score (nSPS) is 24.2. The lowest BCUT2D eigenvalue weighted by Crippen LogP contribution is -2.79. The molecule has 2 aromatic carbocycles. The summed E-state index contributed by atoms with van der Waals surface area (Å²) in [6.07, 6.45) is 1.19. The molecule has 3 fully saturated rings. The molecule has 6 nitrogen and oxygen atoms in total. The zero-order valence-electron chi connectivity index (χ0n) is 19.8. The Kier molecular flexibility index (Phi) is 5.24. The van der Waals surface area contributed by atoms with Crippen molar-refractivity contribution in [2.45, 2.75) is 63.4 Å². The zero-order valence-corrected chi connectivity index (χ0v) is 19.8. The quantitative estimate of drug-likeness (QED) is 0.664. The van der Waals surface area contributed by atoms with E-state index in [9.17, 15) is 9.59 Å². The standard InChI is InChI=1S/C27H33N3O3/c1-25(2,3)33-24(32)30-26(18-28(19-26)16-21-10-6-4-7-11-21)14-15-27(30)20-29(23(27)31)17-22-12-8-5-9-13-22/h4-13H,14-20H2,1-3H3. The minimum atomic E-state index is -0.768. The van der Waals surface area contributed by atoms with Crippen molar-refractivity contribution in [2.75, 3.05) is 19.6 Å². The first-order valence-corrected chi connectivity index (χ1v) is 11.8. The Morgan fingerprint density at radius 2 is 1.45 bits per heavy atom. The van der Waals surface area contributed by atoms with Gasteiger partial charge in [-0.25, -0.2) is 4.79 Å². The van der Waals surface area contributed by atoms with Crippen LogP contribution in [0.1, 0.15) is 44.7 Å². The van der Waals surface area contributed by atoms with E-state index in [0.29, 0.717) is 19.5 Å². The summed E-state index contributed by atoms with van der Waals surface area (Å²) >= 11 is 0. The molecular formula is C27H33N3O3. The van der Waals surface area contributed by atoms with Crippen LogP contribution in [0.25, 0.3) is 0 Å². The summed E-state index contributed by atoms with van der Waals surface area (Å²) in [5.74, 6) is 0.0515. The van der Waals surface area contributed by atoms with Crippen LogP contribution in [0.2, 0.25) is 0 Å². The minimum Gasteiger partial charge on any atom is -0.444 e. The number of ether oxygens (including phenoxy) is 1.